The molecule has 0 fully saturated rings. The summed E-state index contributed by atoms with van der Waals surface area (Å²) in [6, 6.07) is 15.1. The third-order valence-corrected chi connectivity index (χ3v) is 4.30. The predicted molar refractivity (Wildman–Crippen MR) is 77.9 cm³/mol. The number of aryl methyl sites for hydroxylation is 1. The fraction of sp³-hybridized carbons (Fsp3) is 0.125. The quantitative estimate of drug-likeness (QED) is 0.713. The lowest BCUT2D eigenvalue weighted by Gasteiger charge is -2.22. The Bertz CT molecular complexity index is 629. The summed E-state index contributed by atoms with van der Waals surface area (Å²) in [7, 11) is 0. The zero-order chi connectivity index (χ0) is 12.5. The van der Waals surface area contributed by atoms with Crippen molar-refractivity contribution in [2.75, 3.05) is 6.54 Å². The third-order valence-electron chi connectivity index (χ3n) is 3.14. The first kappa shape index (κ1) is 11.6. The summed E-state index contributed by atoms with van der Waals surface area (Å²) in [4.78, 5) is 2.63. The minimum absolute atomic E-state index is 0.571. The van der Waals surface area contributed by atoms with Gasteiger partial charge in [0.2, 0.25) is 0 Å². The van der Waals surface area contributed by atoms with E-state index < -0.39 is 0 Å². The van der Waals surface area contributed by atoms with Crippen LogP contribution in [0.5, 0.6) is 0 Å². The monoisotopic (exact) mass is 253 g/mol. The molecule has 0 bridgehead atoms. The van der Waals surface area contributed by atoms with Crippen molar-refractivity contribution in [2.24, 2.45) is 5.73 Å². The van der Waals surface area contributed by atoms with Crippen LogP contribution in [0.4, 0.5) is 0 Å². The topological polar surface area (TPSA) is 26.0 Å². The molecule has 2 N–H and O–H groups in total. The van der Waals surface area contributed by atoms with Gasteiger partial charge in [0.1, 0.15) is 0 Å². The lowest BCUT2D eigenvalue weighted by atomic mass is 9.95. The molecule has 2 heteroatoms. The van der Waals surface area contributed by atoms with Gasteiger partial charge in [0.15, 0.2) is 0 Å². The fourth-order valence-corrected chi connectivity index (χ4v) is 3.41. The molecule has 0 atom stereocenters. The maximum atomic E-state index is 5.73. The van der Waals surface area contributed by atoms with E-state index in [2.05, 4.69) is 55.5 Å². The molecule has 2 aromatic rings. The van der Waals surface area contributed by atoms with E-state index in [9.17, 15) is 0 Å². The van der Waals surface area contributed by atoms with Gasteiger partial charge in [-0.05, 0) is 35.8 Å². The first-order chi connectivity index (χ1) is 8.79. The Balaban J connectivity index is 2.25. The van der Waals surface area contributed by atoms with Crippen molar-refractivity contribution in [3.8, 4) is 0 Å². The second-order valence-corrected chi connectivity index (χ2v) is 5.54. The SMILES string of the molecule is Cc1ccc2c(c1)/C(=C\CN)c1ccccc1S2. The highest BCUT2D eigenvalue weighted by atomic mass is 32.2. The molecule has 0 amide bonds. The molecule has 90 valence electrons. The van der Waals surface area contributed by atoms with Crippen LogP contribution >= 0.6 is 11.8 Å². The molecule has 2 aromatic carbocycles. The van der Waals surface area contributed by atoms with E-state index in [-0.39, 0.29) is 0 Å². The largest absolute Gasteiger partial charge is 0.327 e. The molecule has 1 nitrogen and oxygen atoms in total. The predicted octanol–water partition coefficient (Wildman–Crippen LogP) is 3.85. The third kappa shape index (κ3) is 1.88. The number of hydrogen-bond donors (Lipinski definition) is 1. The van der Waals surface area contributed by atoms with Crippen molar-refractivity contribution >= 4 is 17.3 Å². The molecule has 3 rings (SSSR count). The van der Waals surface area contributed by atoms with E-state index in [0.29, 0.717) is 6.54 Å². The van der Waals surface area contributed by atoms with Gasteiger partial charge < -0.3 is 5.73 Å². The number of nitrogens with two attached hydrogens (primary N) is 1. The molecule has 0 spiro atoms. The number of hydrogen-bond acceptors (Lipinski definition) is 2. The Hall–Kier alpha value is -1.51. The molecule has 18 heavy (non-hydrogen) atoms. The molecule has 0 saturated carbocycles. The summed E-state index contributed by atoms with van der Waals surface area (Å²) in [5, 5.41) is 0. The average molecular weight is 253 g/mol. The summed E-state index contributed by atoms with van der Waals surface area (Å²) in [6.07, 6.45) is 2.12. The number of rotatable bonds is 1. The van der Waals surface area contributed by atoms with Crippen molar-refractivity contribution in [3.05, 3.63) is 65.2 Å². The van der Waals surface area contributed by atoms with Gasteiger partial charge in [-0.15, -0.1) is 0 Å². The lowest BCUT2D eigenvalue weighted by Crippen LogP contribution is -2.03. The molecule has 0 saturated heterocycles. The molecule has 0 radical (unpaired) electrons. The summed E-state index contributed by atoms with van der Waals surface area (Å²) in [5.41, 5.74) is 10.9. The minimum atomic E-state index is 0.571. The smallest absolute Gasteiger partial charge is 0.0201 e. The van der Waals surface area contributed by atoms with Crippen LogP contribution in [0.1, 0.15) is 16.7 Å². The summed E-state index contributed by atoms with van der Waals surface area (Å²) < 4.78 is 0. The molecule has 1 aliphatic rings. The first-order valence-electron chi connectivity index (χ1n) is 6.08. The second-order valence-electron chi connectivity index (χ2n) is 4.45. The van der Waals surface area contributed by atoms with E-state index >= 15 is 0 Å². The van der Waals surface area contributed by atoms with E-state index in [4.69, 9.17) is 5.73 Å². The lowest BCUT2D eigenvalue weighted by molar-refractivity contribution is 1.22. The van der Waals surface area contributed by atoms with Crippen LogP contribution in [0.2, 0.25) is 0 Å². The van der Waals surface area contributed by atoms with E-state index in [1.807, 2.05) is 11.8 Å². The zero-order valence-electron chi connectivity index (χ0n) is 10.3. The summed E-state index contributed by atoms with van der Waals surface area (Å²) in [5.74, 6) is 0. The van der Waals surface area contributed by atoms with Crippen LogP contribution in [0.15, 0.2) is 58.3 Å². The fourth-order valence-electron chi connectivity index (χ4n) is 2.32. The summed E-state index contributed by atoms with van der Waals surface area (Å²) in [6.45, 7) is 2.70. The van der Waals surface area contributed by atoms with Gasteiger partial charge in [0, 0.05) is 16.3 Å². The van der Waals surface area contributed by atoms with E-state index in [1.54, 1.807) is 0 Å². The van der Waals surface area contributed by atoms with Crippen molar-refractivity contribution in [1.29, 1.82) is 0 Å². The van der Waals surface area contributed by atoms with Gasteiger partial charge in [-0.25, -0.2) is 0 Å². The van der Waals surface area contributed by atoms with Crippen molar-refractivity contribution in [1.82, 2.24) is 0 Å². The molecule has 1 aliphatic heterocycles. The van der Waals surface area contributed by atoms with Gasteiger partial charge in [-0.1, -0.05) is 53.7 Å². The Morgan fingerprint density at radius 2 is 1.83 bits per heavy atom. The van der Waals surface area contributed by atoms with Crippen LogP contribution < -0.4 is 5.73 Å². The Kier molecular flexibility index (Phi) is 2.98. The Labute approximate surface area is 112 Å². The average Bonchev–Trinajstić information content (AvgIpc) is 2.39. The van der Waals surface area contributed by atoms with E-state index in [0.717, 1.165) is 0 Å². The minimum Gasteiger partial charge on any atom is -0.327 e. The van der Waals surface area contributed by atoms with Gasteiger partial charge >= 0.3 is 0 Å². The number of benzene rings is 2. The highest BCUT2D eigenvalue weighted by molar-refractivity contribution is 7.99. The number of fused-ring (bicyclic) bond motifs is 2. The van der Waals surface area contributed by atoms with Crippen molar-refractivity contribution < 1.29 is 0 Å². The normalized spacial score (nSPS) is 15.3. The second kappa shape index (κ2) is 4.63. The Morgan fingerprint density at radius 3 is 2.67 bits per heavy atom. The van der Waals surface area contributed by atoms with Crippen LogP contribution in [-0.2, 0) is 0 Å². The van der Waals surface area contributed by atoms with Crippen LogP contribution in [0, 0.1) is 6.92 Å². The van der Waals surface area contributed by atoms with Gasteiger partial charge in [0.25, 0.3) is 0 Å². The molecule has 0 unspecified atom stereocenters. The van der Waals surface area contributed by atoms with Crippen LogP contribution in [-0.4, -0.2) is 6.54 Å². The zero-order valence-corrected chi connectivity index (χ0v) is 11.1. The maximum Gasteiger partial charge on any atom is 0.0201 e. The van der Waals surface area contributed by atoms with E-state index in [1.165, 1.54) is 32.1 Å². The first-order valence-corrected chi connectivity index (χ1v) is 6.90. The highest BCUT2D eigenvalue weighted by Gasteiger charge is 2.19. The van der Waals surface area contributed by atoms with Gasteiger partial charge in [-0.2, -0.15) is 0 Å². The van der Waals surface area contributed by atoms with Gasteiger partial charge in [-0.3, -0.25) is 0 Å². The van der Waals surface area contributed by atoms with Crippen molar-refractivity contribution in [2.45, 2.75) is 16.7 Å². The maximum absolute atomic E-state index is 5.73. The van der Waals surface area contributed by atoms with Crippen LogP contribution in [0.3, 0.4) is 0 Å². The molecular weight excluding hydrogens is 238 g/mol. The van der Waals surface area contributed by atoms with Gasteiger partial charge in [0.05, 0.1) is 0 Å². The van der Waals surface area contributed by atoms with Crippen molar-refractivity contribution in [3.63, 3.8) is 0 Å². The highest BCUT2D eigenvalue weighted by Crippen LogP contribution is 2.45. The Morgan fingerprint density at radius 1 is 1.06 bits per heavy atom. The van der Waals surface area contributed by atoms with Crippen LogP contribution in [0.25, 0.3) is 5.57 Å². The molecule has 0 aliphatic carbocycles. The summed E-state index contributed by atoms with van der Waals surface area (Å²) >= 11 is 1.84. The molecule has 0 aromatic heterocycles. The molecule has 1 heterocycles. The molecular formula is C16H15NS. The standard InChI is InChI=1S/C16H15NS/c1-11-6-7-16-14(10-11)12(8-9-17)13-4-2-3-5-15(13)18-16/h2-8,10H,9,17H2,1H3/b12-8-.